The number of carbonyl (C=O) groups is 1. The van der Waals surface area contributed by atoms with Crippen LogP contribution in [-0.4, -0.2) is 23.2 Å². The van der Waals surface area contributed by atoms with Gasteiger partial charge in [-0.05, 0) is 62.1 Å². The molecule has 0 aliphatic rings. The van der Waals surface area contributed by atoms with Gasteiger partial charge in [0.25, 0.3) is 0 Å². The third-order valence-electron chi connectivity index (χ3n) is 4.20. The lowest BCUT2D eigenvalue weighted by Gasteiger charge is -2.24. The van der Waals surface area contributed by atoms with E-state index < -0.39 is 11.6 Å². The highest BCUT2D eigenvalue weighted by Gasteiger charge is 2.31. The largest absolute Gasteiger partial charge is 0.476 e. The van der Waals surface area contributed by atoms with Gasteiger partial charge >= 0.3 is 5.97 Å². The summed E-state index contributed by atoms with van der Waals surface area (Å²) in [5.41, 5.74) is 1.39. The first kappa shape index (κ1) is 18.4. The number of nitriles is 1. The predicted octanol–water partition coefficient (Wildman–Crippen LogP) is 4.49. The first-order valence-electron chi connectivity index (χ1n) is 8.69. The maximum atomic E-state index is 12.1. The molecule has 1 heterocycles. The zero-order valence-corrected chi connectivity index (χ0v) is 15.5. The molecule has 0 saturated heterocycles. The molecule has 0 fully saturated rings. The highest BCUT2D eigenvalue weighted by atomic mass is 16.6. The zero-order valence-electron chi connectivity index (χ0n) is 15.5. The fourth-order valence-corrected chi connectivity index (χ4v) is 2.80. The minimum atomic E-state index is -1.09. The molecule has 1 aromatic heterocycles. The van der Waals surface area contributed by atoms with Crippen LogP contribution < -0.4 is 4.74 Å². The maximum Gasteiger partial charge on any atom is 0.349 e. The number of hydrogen-bond acceptors (Lipinski definition) is 5. The minimum absolute atomic E-state index is 0.303. The second-order valence-corrected chi connectivity index (χ2v) is 6.59. The summed E-state index contributed by atoms with van der Waals surface area (Å²) in [7, 11) is 0. The van der Waals surface area contributed by atoms with Gasteiger partial charge in [-0.2, -0.15) is 5.26 Å². The van der Waals surface area contributed by atoms with E-state index in [4.69, 9.17) is 14.7 Å². The van der Waals surface area contributed by atoms with Crippen molar-refractivity contribution >= 4 is 16.7 Å². The van der Waals surface area contributed by atoms with Crippen LogP contribution >= 0.6 is 0 Å². The zero-order chi connectivity index (χ0) is 19.4. The average molecular weight is 360 g/mol. The summed E-state index contributed by atoms with van der Waals surface area (Å²) in [6.07, 6.45) is 3.56. The molecule has 0 atom stereocenters. The minimum Gasteiger partial charge on any atom is -0.476 e. The Bertz CT molecular complexity index is 1020. The smallest absolute Gasteiger partial charge is 0.349 e. The van der Waals surface area contributed by atoms with Gasteiger partial charge in [0.15, 0.2) is 5.60 Å². The van der Waals surface area contributed by atoms with Gasteiger partial charge in [-0.3, -0.25) is 4.98 Å². The normalized spacial score (nSPS) is 11.0. The number of ether oxygens (including phenoxy) is 2. The molecule has 0 unspecified atom stereocenters. The number of hydrogen-bond donors (Lipinski definition) is 0. The molecule has 5 nitrogen and oxygen atoms in total. The SMILES string of the molecule is CCOC(=O)C(C)(C)Oc1ccc2cncc(-c3ccc(C#N)cc3)c2c1. The lowest BCUT2D eigenvalue weighted by Crippen LogP contribution is -2.39. The Kier molecular flexibility index (Phi) is 5.09. The van der Waals surface area contributed by atoms with Crippen LogP contribution in [0, 0.1) is 11.3 Å². The molecule has 3 rings (SSSR count). The Morgan fingerprint density at radius 2 is 1.89 bits per heavy atom. The second-order valence-electron chi connectivity index (χ2n) is 6.59. The van der Waals surface area contributed by atoms with Crippen LogP contribution in [0.4, 0.5) is 0 Å². The van der Waals surface area contributed by atoms with E-state index in [1.807, 2.05) is 30.3 Å². The van der Waals surface area contributed by atoms with Gasteiger partial charge in [-0.1, -0.05) is 12.1 Å². The Balaban J connectivity index is 2.01. The average Bonchev–Trinajstić information content (AvgIpc) is 2.67. The summed E-state index contributed by atoms with van der Waals surface area (Å²) in [5, 5.41) is 10.9. The van der Waals surface area contributed by atoms with Crippen molar-refractivity contribution in [2.24, 2.45) is 0 Å². The van der Waals surface area contributed by atoms with Gasteiger partial charge in [0, 0.05) is 23.3 Å². The first-order valence-corrected chi connectivity index (χ1v) is 8.69. The van der Waals surface area contributed by atoms with Crippen LogP contribution in [0.5, 0.6) is 5.75 Å². The van der Waals surface area contributed by atoms with E-state index in [9.17, 15) is 4.79 Å². The van der Waals surface area contributed by atoms with Crippen molar-refractivity contribution in [3.05, 3.63) is 60.4 Å². The summed E-state index contributed by atoms with van der Waals surface area (Å²) in [4.78, 5) is 16.4. The molecule has 0 radical (unpaired) electrons. The van der Waals surface area contributed by atoms with E-state index in [1.54, 1.807) is 45.3 Å². The number of esters is 1. The van der Waals surface area contributed by atoms with Crippen LogP contribution in [0.15, 0.2) is 54.9 Å². The van der Waals surface area contributed by atoms with Crippen LogP contribution in [0.25, 0.3) is 21.9 Å². The van der Waals surface area contributed by atoms with E-state index in [2.05, 4.69) is 11.1 Å². The third-order valence-corrected chi connectivity index (χ3v) is 4.20. The molecule has 136 valence electrons. The fraction of sp³-hybridized carbons (Fsp3) is 0.227. The summed E-state index contributed by atoms with van der Waals surface area (Å²) >= 11 is 0. The van der Waals surface area contributed by atoms with Crippen molar-refractivity contribution in [1.82, 2.24) is 4.98 Å². The molecule has 5 heteroatoms. The molecule has 27 heavy (non-hydrogen) atoms. The topological polar surface area (TPSA) is 72.2 Å². The van der Waals surface area contributed by atoms with E-state index in [0.717, 1.165) is 21.9 Å². The molecule has 0 bridgehead atoms. The van der Waals surface area contributed by atoms with Gasteiger partial charge in [-0.15, -0.1) is 0 Å². The van der Waals surface area contributed by atoms with Crippen molar-refractivity contribution in [2.75, 3.05) is 6.61 Å². The number of fused-ring (bicyclic) bond motifs is 1. The van der Waals surface area contributed by atoms with Crippen molar-refractivity contribution < 1.29 is 14.3 Å². The van der Waals surface area contributed by atoms with Crippen molar-refractivity contribution in [2.45, 2.75) is 26.4 Å². The van der Waals surface area contributed by atoms with Crippen molar-refractivity contribution in [3.63, 3.8) is 0 Å². The van der Waals surface area contributed by atoms with Crippen LogP contribution in [-0.2, 0) is 9.53 Å². The number of benzene rings is 2. The van der Waals surface area contributed by atoms with Crippen LogP contribution in [0.1, 0.15) is 26.3 Å². The van der Waals surface area contributed by atoms with E-state index >= 15 is 0 Å². The second kappa shape index (κ2) is 7.46. The van der Waals surface area contributed by atoms with Crippen molar-refractivity contribution in [1.29, 1.82) is 5.26 Å². The summed E-state index contributed by atoms with van der Waals surface area (Å²) < 4.78 is 11.0. The van der Waals surface area contributed by atoms with Crippen molar-refractivity contribution in [3.8, 4) is 22.9 Å². The van der Waals surface area contributed by atoms with Gasteiger partial charge < -0.3 is 9.47 Å². The fourth-order valence-electron chi connectivity index (χ4n) is 2.80. The van der Waals surface area contributed by atoms with Gasteiger partial charge in [0.05, 0.1) is 18.2 Å². The number of pyridine rings is 1. The molecular formula is C22H20N2O3. The lowest BCUT2D eigenvalue weighted by atomic mass is 10.00. The quantitative estimate of drug-likeness (QED) is 0.627. The Morgan fingerprint density at radius 1 is 1.15 bits per heavy atom. The third kappa shape index (κ3) is 3.90. The standard InChI is InChI=1S/C22H20N2O3/c1-4-26-21(25)22(2,3)27-18-10-9-17-13-24-14-20(19(17)11-18)16-7-5-15(12-23)6-8-16/h5-11,13-14H,4H2,1-3H3. The summed E-state index contributed by atoms with van der Waals surface area (Å²) in [6.45, 7) is 5.44. The summed E-state index contributed by atoms with van der Waals surface area (Å²) in [6, 6.07) is 15.1. The van der Waals surface area contributed by atoms with Gasteiger partial charge in [0.1, 0.15) is 5.75 Å². The number of carbonyl (C=O) groups excluding carboxylic acids is 1. The lowest BCUT2D eigenvalue weighted by molar-refractivity contribution is -0.158. The van der Waals surface area contributed by atoms with E-state index in [0.29, 0.717) is 17.9 Å². The first-order chi connectivity index (χ1) is 12.9. The monoisotopic (exact) mass is 360 g/mol. The molecule has 0 amide bonds. The van der Waals surface area contributed by atoms with E-state index in [1.165, 1.54) is 0 Å². The number of aromatic nitrogens is 1. The molecule has 0 aliphatic heterocycles. The Labute approximate surface area is 158 Å². The molecule has 0 spiro atoms. The Morgan fingerprint density at radius 3 is 2.56 bits per heavy atom. The molecule has 3 aromatic rings. The highest BCUT2D eigenvalue weighted by Crippen LogP contribution is 2.32. The van der Waals surface area contributed by atoms with Crippen LogP contribution in [0.3, 0.4) is 0 Å². The van der Waals surface area contributed by atoms with Gasteiger partial charge in [0.2, 0.25) is 0 Å². The Hall–Kier alpha value is -3.39. The number of nitrogens with zero attached hydrogens (tertiary/aromatic N) is 2. The van der Waals surface area contributed by atoms with E-state index in [-0.39, 0.29) is 0 Å². The predicted molar refractivity (Wildman–Crippen MR) is 103 cm³/mol. The van der Waals surface area contributed by atoms with Crippen LogP contribution in [0.2, 0.25) is 0 Å². The molecule has 0 aliphatic carbocycles. The molecular weight excluding hydrogens is 340 g/mol. The molecule has 2 aromatic carbocycles. The highest BCUT2D eigenvalue weighted by molar-refractivity contribution is 5.96. The molecule has 0 N–H and O–H groups in total. The molecule has 0 saturated carbocycles. The number of rotatable bonds is 5. The summed E-state index contributed by atoms with van der Waals surface area (Å²) in [5.74, 6) is 0.161. The maximum absolute atomic E-state index is 12.1. The van der Waals surface area contributed by atoms with Gasteiger partial charge in [-0.25, -0.2) is 4.79 Å².